The topological polar surface area (TPSA) is 92.1 Å². The molecule has 6 heteroatoms. The second-order valence-electron chi connectivity index (χ2n) is 6.42. The van der Waals surface area contributed by atoms with Gasteiger partial charge in [-0.05, 0) is 31.5 Å². The summed E-state index contributed by atoms with van der Waals surface area (Å²) in [5.74, 6) is 0.217. The summed E-state index contributed by atoms with van der Waals surface area (Å²) in [5.41, 5.74) is 6.32. The highest BCUT2D eigenvalue weighted by molar-refractivity contribution is 5.87. The number of fused-ring (bicyclic) bond motifs is 1. The highest BCUT2D eigenvalue weighted by Gasteiger charge is 2.34. The highest BCUT2D eigenvalue weighted by atomic mass is 16.2. The van der Waals surface area contributed by atoms with Crippen LogP contribution in [0.1, 0.15) is 25.2 Å². The molecule has 1 heterocycles. The second kappa shape index (κ2) is 7.09. The van der Waals surface area contributed by atoms with Gasteiger partial charge in [-0.3, -0.25) is 9.59 Å². The minimum atomic E-state index is -1.16. The zero-order chi connectivity index (χ0) is 18.7. The van der Waals surface area contributed by atoms with E-state index in [-0.39, 0.29) is 18.0 Å². The molecule has 1 aromatic heterocycles. The van der Waals surface area contributed by atoms with Gasteiger partial charge in [0.05, 0.1) is 17.4 Å². The molecule has 2 aromatic carbocycles. The average molecular weight is 350 g/mol. The second-order valence-corrected chi connectivity index (χ2v) is 6.42. The Morgan fingerprint density at radius 1 is 1.15 bits per heavy atom. The average Bonchev–Trinajstić information content (AvgIpc) is 2.66. The van der Waals surface area contributed by atoms with Gasteiger partial charge in [-0.25, -0.2) is 4.98 Å². The third kappa shape index (κ3) is 3.36. The molecule has 0 aliphatic rings. The molecule has 3 N–H and O–H groups in total. The van der Waals surface area contributed by atoms with Crippen LogP contribution in [-0.2, 0) is 16.9 Å². The lowest BCUT2D eigenvalue weighted by atomic mass is 9.91. The molecule has 0 fully saturated rings. The van der Waals surface area contributed by atoms with E-state index < -0.39 is 5.54 Å². The third-order valence-electron chi connectivity index (χ3n) is 4.49. The zero-order valence-electron chi connectivity index (χ0n) is 14.9. The number of nitrogens with two attached hydrogens (primary N) is 1. The Balaban J connectivity index is 1.90. The number of nitrogens with zero attached hydrogens (tertiary/aromatic N) is 2. The van der Waals surface area contributed by atoms with E-state index in [4.69, 9.17) is 5.73 Å². The molecule has 3 rings (SSSR count). The van der Waals surface area contributed by atoms with Crippen LogP contribution in [-0.4, -0.2) is 27.3 Å². The van der Waals surface area contributed by atoms with Crippen LogP contribution in [0.15, 0.2) is 59.4 Å². The summed E-state index contributed by atoms with van der Waals surface area (Å²) in [6.07, 6.45) is 0. The van der Waals surface area contributed by atoms with E-state index in [9.17, 15) is 9.59 Å². The van der Waals surface area contributed by atoms with E-state index in [0.29, 0.717) is 23.3 Å². The van der Waals surface area contributed by atoms with Gasteiger partial charge in [0, 0.05) is 6.54 Å². The van der Waals surface area contributed by atoms with Gasteiger partial charge in [0.25, 0.3) is 5.56 Å². The van der Waals surface area contributed by atoms with E-state index >= 15 is 0 Å². The van der Waals surface area contributed by atoms with E-state index in [0.717, 1.165) is 5.56 Å². The fraction of sp³-hybridized carbons (Fsp3) is 0.250. The van der Waals surface area contributed by atoms with Crippen LogP contribution in [0.5, 0.6) is 0 Å². The Morgan fingerprint density at radius 3 is 2.50 bits per heavy atom. The molecular weight excluding hydrogens is 328 g/mol. The highest BCUT2D eigenvalue weighted by Crippen LogP contribution is 2.21. The maximum absolute atomic E-state index is 13.0. The summed E-state index contributed by atoms with van der Waals surface area (Å²) in [4.78, 5) is 34.1. The first-order chi connectivity index (χ1) is 12.4. The molecule has 1 unspecified atom stereocenters. The minimum absolute atomic E-state index is 0.190. The first-order valence-electron chi connectivity index (χ1n) is 8.55. The fourth-order valence-corrected chi connectivity index (χ4v) is 2.95. The number of hydrogen-bond donors (Lipinski definition) is 2. The normalized spacial score (nSPS) is 13.3. The van der Waals surface area contributed by atoms with Gasteiger partial charge in [0.2, 0.25) is 5.91 Å². The number of carbonyl (C=O) groups excluding carboxylic acids is 1. The Labute approximate surface area is 151 Å². The van der Waals surface area contributed by atoms with E-state index in [1.54, 1.807) is 30.0 Å². The molecule has 134 valence electrons. The minimum Gasteiger partial charge on any atom is -0.334 e. The molecule has 0 aliphatic heterocycles. The smallest absolute Gasteiger partial charge is 0.258 e. The third-order valence-corrected chi connectivity index (χ3v) is 4.49. The number of rotatable bonds is 5. The predicted octanol–water partition coefficient (Wildman–Crippen LogP) is 2.15. The fourth-order valence-electron chi connectivity index (χ4n) is 2.95. The number of benzene rings is 2. The van der Waals surface area contributed by atoms with Gasteiger partial charge in [0.1, 0.15) is 11.4 Å². The molecule has 1 amide bonds. The molecule has 6 nitrogen and oxygen atoms in total. The van der Waals surface area contributed by atoms with Crippen molar-refractivity contribution >= 4 is 16.8 Å². The molecule has 0 spiro atoms. The lowest BCUT2D eigenvalue weighted by Crippen LogP contribution is -2.50. The van der Waals surface area contributed by atoms with Gasteiger partial charge >= 0.3 is 0 Å². The van der Waals surface area contributed by atoms with Gasteiger partial charge in [0.15, 0.2) is 0 Å². The van der Waals surface area contributed by atoms with Crippen molar-refractivity contribution in [1.29, 1.82) is 0 Å². The SMILES string of the molecule is CCN(Cc1nc2ccccc2c(=O)[nH]1)C(=O)C(C)(N)c1ccccc1. The maximum atomic E-state index is 13.0. The number of para-hydroxylation sites is 1. The number of carbonyl (C=O) groups is 1. The van der Waals surface area contributed by atoms with Gasteiger partial charge < -0.3 is 15.6 Å². The standard InChI is InChI=1S/C20H22N4O2/c1-3-24(19(26)20(2,21)14-9-5-4-6-10-14)13-17-22-16-12-8-7-11-15(16)18(25)23-17/h4-12H,3,13,21H2,1-2H3,(H,22,23,25). The van der Waals surface area contributed by atoms with Crippen molar-refractivity contribution < 1.29 is 4.79 Å². The van der Waals surface area contributed by atoms with Gasteiger partial charge in [-0.1, -0.05) is 42.5 Å². The van der Waals surface area contributed by atoms with Crippen molar-refractivity contribution in [2.24, 2.45) is 5.73 Å². The Morgan fingerprint density at radius 2 is 1.81 bits per heavy atom. The summed E-state index contributed by atoms with van der Waals surface area (Å²) in [6.45, 7) is 4.21. The van der Waals surface area contributed by atoms with E-state index in [1.807, 2.05) is 43.3 Å². The molecule has 0 saturated carbocycles. The number of aromatic amines is 1. The predicted molar refractivity (Wildman–Crippen MR) is 101 cm³/mol. The molecular formula is C20H22N4O2. The number of hydrogen-bond acceptors (Lipinski definition) is 4. The van der Waals surface area contributed by atoms with Crippen LogP contribution < -0.4 is 11.3 Å². The summed E-state index contributed by atoms with van der Waals surface area (Å²) in [6, 6.07) is 16.4. The number of H-pyrrole nitrogens is 1. The number of likely N-dealkylation sites (N-methyl/N-ethyl adjacent to an activating group) is 1. The summed E-state index contributed by atoms with van der Waals surface area (Å²) in [7, 11) is 0. The van der Waals surface area contributed by atoms with Crippen molar-refractivity contribution in [1.82, 2.24) is 14.9 Å². The molecule has 3 aromatic rings. The first kappa shape index (κ1) is 17.8. The number of amides is 1. The van der Waals surface area contributed by atoms with E-state index in [1.165, 1.54) is 0 Å². The number of aromatic nitrogens is 2. The van der Waals surface area contributed by atoms with Crippen molar-refractivity contribution in [3.05, 3.63) is 76.3 Å². The van der Waals surface area contributed by atoms with E-state index in [2.05, 4.69) is 9.97 Å². The number of nitrogens with one attached hydrogen (secondary N) is 1. The van der Waals surface area contributed by atoms with Crippen molar-refractivity contribution in [2.45, 2.75) is 25.9 Å². The lowest BCUT2D eigenvalue weighted by molar-refractivity contribution is -0.137. The monoisotopic (exact) mass is 350 g/mol. The Hall–Kier alpha value is -2.99. The molecule has 0 bridgehead atoms. The maximum Gasteiger partial charge on any atom is 0.258 e. The van der Waals surface area contributed by atoms with Crippen molar-refractivity contribution in [3.8, 4) is 0 Å². The Bertz CT molecular complexity index is 980. The zero-order valence-corrected chi connectivity index (χ0v) is 14.9. The van der Waals surface area contributed by atoms with Crippen molar-refractivity contribution in [3.63, 3.8) is 0 Å². The molecule has 0 radical (unpaired) electrons. The van der Waals surface area contributed by atoms with Crippen LogP contribution in [0.25, 0.3) is 10.9 Å². The summed E-state index contributed by atoms with van der Waals surface area (Å²) in [5, 5.41) is 0.526. The first-order valence-corrected chi connectivity index (χ1v) is 8.55. The van der Waals surface area contributed by atoms with Gasteiger partial charge in [-0.2, -0.15) is 0 Å². The molecule has 0 saturated heterocycles. The van der Waals surface area contributed by atoms with Crippen LogP contribution in [0.4, 0.5) is 0 Å². The van der Waals surface area contributed by atoms with Crippen LogP contribution in [0.2, 0.25) is 0 Å². The quantitative estimate of drug-likeness (QED) is 0.737. The molecule has 0 aliphatic carbocycles. The lowest BCUT2D eigenvalue weighted by Gasteiger charge is -2.31. The van der Waals surface area contributed by atoms with Crippen molar-refractivity contribution in [2.75, 3.05) is 6.54 Å². The summed E-state index contributed by atoms with van der Waals surface area (Å²) >= 11 is 0. The largest absolute Gasteiger partial charge is 0.334 e. The summed E-state index contributed by atoms with van der Waals surface area (Å²) < 4.78 is 0. The molecule has 26 heavy (non-hydrogen) atoms. The van der Waals surface area contributed by atoms with Gasteiger partial charge in [-0.15, -0.1) is 0 Å². The van der Waals surface area contributed by atoms with Crippen LogP contribution in [0, 0.1) is 0 Å². The van der Waals surface area contributed by atoms with Crippen LogP contribution in [0.3, 0.4) is 0 Å². The Kier molecular flexibility index (Phi) is 4.86. The molecule has 1 atom stereocenters. The van der Waals surface area contributed by atoms with Crippen LogP contribution >= 0.6 is 0 Å².